The predicted molar refractivity (Wildman–Crippen MR) is 118 cm³/mol. The van der Waals surface area contributed by atoms with Crippen LogP contribution in [0.2, 0.25) is 0 Å². The van der Waals surface area contributed by atoms with E-state index < -0.39 is 0 Å². The van der Waals surface area contributed by atoms with E-state index in [1.165, 1.54) is 36.3 Å². The Hall–Kier alpha value is -2.85. The topological polar surface area (TPSA) is 95.3 Å². The summed E-state index contributed by atoms with van der Waals surface area (Å²) in [5.41, 5.74) is 1.13. The first-order valence-corrected chi connectivity index (χ1v) is 11.0. The number of anilines is 1. The molecule has 3 rings (SSSR count). The number of hydrogen-bond donors (Lipinski definition) is 1. The number of aromatic nitrogens is 3. The minimum atomic E-state index is -0.232. The van der Waals surface area contributed by atoms with Crippen LogP contribution in [0.15, 0.2) is 45.7 Å². The molecule has 1 amide bonds. The maximum atomic E-state index is 12.6. The third-order valence-corrected chi connectivity index (χ3v) is 6.02. The van der Waals surface area contributed by atoms with Crippen LogP contribution in [-0.4, -0.2) is 34.4 Å². The number of nitrogens with zero attached hydrogens (tertiary/aromatic N) is 3. The molecule has 1 N–H and O–H groups in total. The highest BCUT2D eigenvalue weighted by molar-refractivity contribution is 8.00. The molecule has 1 aromatic carbocycles. The molecule has 2 aromatic heterocycles. The number of pyridine rings is 1. The molecule has 3 aromatic rings. The lowest BCUT2D eigenvalue weighted by molar-refractivity contribution is -0.116. The molecule has 0 saturated heterocycles. The fourth-order valence-corrected chi connectivity index (χ4v) is 4.46. The van der Waals surface area contributed by atoms with Crippen molar-refractivity contribution < 1.29 is 14.3 Å². The number of hydrogen-bond acceptors (Lipinski definition) is 8. The smallest absolute Gasteiger partial charge is 0.244 e. The van der Waals surface area contributed by atoms with Gasteiger partial charge in [0.25, 0.3) is 0 Å². The first-order chi connectivity index (χ1) is 14.5. The first kappa shape index (κ1) is 21.8. The molecule has 0 spiro atoms. The first-order valence-electron chi connectivity index (χ1n) is 9.21. The van der Waals surface area contributed by atoms with Gasteiger partial charge in [0.15, 0.2) is 10.1 Å². The molecular weight excluding hydrogens is 424 g/mol. The standard InChI is InChI=1S/C20H22N4O4S2/c1-4-28-16-7-5-14(6-8-16)21-19(26)11-24-10-18(27-3)17(25)9-15(24)12-29-20-23-22-13(2)30-20/h5-10H,4,11-12H2,1-3H3,(H,21,26). The number of carbonyl (C=O) groups excluding carboxylic acids is 1. The average Bonchev–Trinajstić information content (AvgIpc) is 3.14. The van der Waals surface area contributed by atoms with Crippen LogP contribution in [0.1, 0.15) is 17.6 Å². The van der Waals surface area contributed by atoms with Gasteiger partial charge in [-0.1, -0.05) is 23.1 Å². The Bertz CT molecular complexity index is 1060. The van der Waals surface area contributed by atoms with E-state index in [4.69, 9.17) is 9.47 Å². The Labute approximate surface area is 182 Å². The van der Waals surface area contributed by atoms with Gasteiger partial charge in [-0.3, -0.25) is 9.59 Å². The summed E-state index contributed by atoms with van der Waals surface area (Å²) in [4.78, 5) is 24.8. The van der Waals surface area contributed by atoms with E-state index >= 15 is 0 Å². The van der Waals surface area contributed by atoms with E-state index in [1.54, 1.807) is 35.0 Å². The second-order valence-corrected chi connectivity index (χ2v) is 8.61. The summed E-state index contributed by atoms with van der Waals surface area (Å²) in [5, 5.41) is 11.8. The van der Waals surface area contributed by atoms with Crippen LogP contribution < -0.4 is 20.2 Å². The van der Waals surface area contributed by atoms with Gasteiger partial charge in [0.05, 0.1) is 19.9 Å². The van der Waals surface area contributed by atoms with Gasteiger partial charge in [0.1, 0.15) is 17.3 Å². The van der Waals surface area contributed by atoms with Gasteiger partial charge in [-0.05, 0) is 38.1 Å². The maximum Gasteiger partial charge on any atom is 0.244 e. The second-order valence-electron chi connectivity index (χ2n) is 6.21. The van der Waals surface area contributed by atoms with Crippen molar-refractivity contribution in [2.45, 2.75) is 30.5 Å². The van der Waals surface area contributed by atoms with E-state index in [2.05, 4.69) is 15.5 Å². The molecule has 0 aliphatic heterocycles. The summed E-state index contributed by atoms with van der Waals surface area (Å²) in [6.07, 6.45) is 1.56. The molecule has 0 radical (unpaired) electrons. The Morgan fingerprint density at radius 1 is 1.27 bits per heavy atom. The lowest BCUT2D eigenvalue weighted by Gasteiger charge is -2.14. The van der Waals surface area contributed by atoms with Crippen molar-refractivity contribution >= 4 is 34.7 Å². The lowest BCUT2D eigenvalue weighted by atomic mass is 10.3. The van der Waals surface area contributed by atoms with E-state index in [0.29, 0.717) is 23.7 Å². The van der Waals surface area contributed by atoms with Crippen molar-refractivity contribution in [3.8, 4) is 11.5 Å². The number of carbonyl (C=O) groups is 1. The van der Waals surface area contributed by atoms with Crippen LogP contribution in [0, 0.1) is 6.92 Å². The van der Waals surface area contributed by atoms with Crippen LogP contribution in [-0.2, 0) is 17.1 Å². The third-order valence-electron chi connectivity index (χ3n) is 4.02. The maximum absolute atomic E-state index is 12.6. The minimum Gasteiger partial charge on any atom is -0.494 e. The quantitative estimate of drug-likeness (QED) is 0.504. The molecule has 0 bridgehead atoms. The van der Waals surface area contributed by atoms with Crippen LogP contribution in [0.25, 0.3) is 0 Å². The highest BCUT2D eigenvalue weighted by Gasteiger charge is 2.12. The third kappa shape index (κ3) is 5.83. The van der Waals surface area contributed by atoms with Crippen molar-refractivity contribution in [2.24, 2.45) is 0 Å². The van der Waals surface area contributed by atoms with Gasteiger partial charge in [0, 0.05) is 23.2 Å². The number of rotatable bonds is 9. The molecular formula is C20H22N4O4S2. The summed E-state index contributed by atoms with van der Waals surface area (Å²) < 4.78 is 13.1. The molecule has 10 heteroatoms. The second kappa shape index (κ2) is 10.3. The molecule has 0 aliphatic rings. The van der Waals surface area contributed by atoms with Crippen LogP contribution >= 0.6 is 23.1 Å². The van der Waals surface area contributed by atoms with Crippen molar-refractivity contribution in [3.63, 3.8) is 0 Å². The zero-order valence-corrected chi connectivity index (χ0v) is 18.5. The van der Waals surface area contributed by atoms with Crippen molar-refractivity contribution in [1.82, 2.24) is 14.8 Å². The Balaban J connectivity index is 1.73. The minimum absolute atomic E-state index is 0.0366. The number of nitrogens with one attached hydrogen (secondary N) is 1. The van der Waals surface area contributed by atoms with Gasteiger partial charge in [0.2, 0.25) is 11.3 Å². The van der Waals surface area contributed by atoms with Crippen LogP contribution in [0.3, 0.4) is 0 Å². The molecule has 0 saturated carbocycles. The monoisotopic (exact) mass is 446 g/mol. The summed E-state index contributed by atoms with van der Waals surface area (Å²) in [6.45, 7) is 4.42. The van der Waals surface area contributed by atoms with Crippen molar-refractivity contribution in [1.29, 1.82) is 0 Å². The molecule has 0 unspecified atom stereocenters. The summed E-state index contributed by atoms with van der Waals surface area (Å²) in [7, 11) is 1.43. The molecule has 0 aliphatic carbocycles. The summed E-state index contributed by atoms with van der Waals surface area (Å²) >= 11 is 2.95. The molecule has 0 fully saturated rings. The predicted octanol–water partition coefficient (Wildman–Crippen LogP) is 3.35. The van der Waals surface area contributed by atoms with E-state index in [1.807, 2.05) is 13.8 Å². The Morgan fingerprint density at radius 2 is 2.03 bits per heavy atom. The number of methoxy groups -OCH3 is 1. The lowest BCUT2D eigenvalue weighted by Crippen LogP contribution is -2.22. The van der Waals surface area contributed by atoms with Gasteiger partial charge in [-0.2, -0.15) is 0 Å². The van der Waals surface area contributed by atoms with Gasteiger partial charge in [-0.25, -0.2) is 0 Å². The van der Waals surface area contributed by atoms with Crippen LogP contribution in [0.4, 0.5) is 5.69 Å². The van der Waals surface area contributed by atoms with Gasteiger partial charge in [-0.15, -0.1) is 10.2 Å². The molecule has 158 valence electrons. The normalized spacial score (nSPS) is 10.6. The van der Waals surface area contributed by atoms with Crippen molar-refractivity contribution in [3.05, 3.63) is 57.5 Å². The summed E-state index contributed by atoms with van der Waals surface area (Å²) in [6, 6.07) is 8.65. The molecule has 0 atom stereocenters. The molecule has 8 nitrogen and oxygen atoms in total. The number of benzene rings is 1. The number of ether oxygens (including phenoxy) is 2. The van der Waals surface area contributed by atoms with E-state index in [-0.39, 0.29) is 23.6 Å². The highest BCUT2D eigenvalue weighted by atomic mass is 32.2. The van der Waals surface area contributed by atoms with Crippen LogP contribution in [0.5, 0.6) is 11.5 Å². The SMILES string of the molecule is CCOc1ccc(NC(=O)Cn2cc(OC)c(=O)cc2CSc2nnc(C)s2)cc1. The average molecular weight is 447 g/mol. The molecule has 30 heavy (non-hydrogen) atoms. The van der Waals surface area contributed by atoms with Gasteiger partial charge >= 0.3 is 0 Å². The molecule has 2 heterocycles. The Morgan fingerprint density at radius 3 is 2.67 bits per heavy atom. The number of amides is 1. The zero-order chi connectivity index (χ0) is 21.5. The zero-order valence-electron chi connectivity index (χ0n) is 16.9. The fraction of sp³-hybridized carbons (Fsp3) is 0.300. The highest BCUT2D eigenvalue weighted by Crippen LogP contribution is 2.26. The van der Waals surface area contributed by atoms with E-state index in [9.17, 15) is 9.59 Å². The van der Waals surface area contributed by atoms with Gasteiger partial charge < -0.3 is 19.4 Å². The summed E-state index contributed by atoms with van der Waals surface area (Å²) in [5.74, 6) is 1.18. The number of thioether (sulfide) groups is 1. The Kier molecular flexibility index (Phi) is 7.47. The van der Waals surface area contributed by atoms with E-state index in [0.717, 1.165) is 15.1 Å². The van der Waals surface area contributed by atoms with Crippen molar-refractivity contribution in [2.75, 3.05) is 19.0 Å². The number of aryl methyl sites for hydroxylation is 1. The fourth-order valence-electron chi connectivity index (χ4n) is 2.65. The largest absolute Gasteiger partial charge is 0.494 e.